The van der Waals surface area contributed by atoms with Crippen LogP contribution in [0.4, 0.5) is 0 Å². The second-order valence-electron chi connectivity index (χ2n) is 3.42. The molecule has 0 aliphatic heterocycles. The maximum atomic E-state index is 10.4. The van der Waals surface area contributed by atoms with Crippen LogP contribution in [0.15, 0.2) is 12.7 Å². The van der Waals surface area contributed by atoms with E-state index in [1.807, 2.05) is 19.8 Å². The number of hydrogen-bond donors (Lipinski definition) is 0. The van der Waals surface area contributed by atoms with Crippen molar-refractivity contribution in [2.75, 3.05) is 0 Å². The maximum Gasteiger partial charge on any atom is 0.207 e. The predicted octanol–water partition coefficient (Wildman–Crippen LogP) is 2.24. The molecule has 0 aromatic rings. The summed E-state index contributed by atoms with van der Waals surface area (Å²) in [5, 5.41) is 0. The average molecular weight is 194 g/mol. The van der Waals surface area contributed by atoms with Gasteiger partial charge in [0, 0.05) is 11.8 Å². The molecule has 0 aliphatic carbocycles. The van der Waals surface area contributed by atoms with Crippen LogP contribution >= 0.6 is 0 Å². The lowest BCUT2D eigenvalue weighted by molar-refractivity contribution is -0.117. The van der Waals surface area contributed by atoms with Crippen molar-refractivity contribution in [2.45, 2.75) is 27.7 Å². The highest BCUT2D eigenvalue weighted by molar-refractivity contribution is 5.96. The van der Waals surface area contributed by atoms with Gasteiger partial charge in [-0.3, -0.25) is 9.59 Å². The first-order chi connectivity index (χ1) is 6.36. The van der Waals surface area contributed by atoms with Gasteiger partial charge in [-0.1, -0.05) is 34.3 Å². The summed E-state index contributed by atoms with van der Waals surface area (Å²) in [6.07, 6.45) is 6.13. The first-order valence-corrected chi connectivity index (χ1v) is 4.53. The molecule has 0 N–H and O–H groups in total. The summed E-state index contributed by atoms with van der Waals surface area (Å²) in [6.45, 7) is 10.6. The molecule has 0 aromatic carbocycles. The molecule has 0 amide bonds. The van der Waals surface area contributed by atoms with E-state index in [9.17, 15) is 9.59 Å². The number of Topliss-reactive ketones (excluding diaryl/α,β-unsaturated/α-hetero) is 1. The average Bonchev–Trinajstić information content (AvgIpc) is 2.15. The van der Waals surface area contributed by atoms with E-state index in [2.05, 4.69) is 6.58 Å². The number of carbonyl (C=O) groups excluding carboxylic acids is 2. The van der Waals surface area contributed by atoms with Crippen molar-refractivity contribution >= 4 is 11.6 Å². The van der Waals surface area contributed by atoms with Gasteiger partial charge in [0.15, 0.2) is 5.78 Å². The smallest absolute Gasteiger partial charge is 0.207 e. The van der Waals surface area contributed by atoms with Gasteiger partial charge < -0.3 is 0 Å². The van der Waals surface area contributed by atoms with Gasteiger partial charge in [0.25, 0.3) is 0 Å². The fraction of sp³-hybridized carbons (Fsp3) is 0.500. The second kappa shape index (κ2) is 8.25. The number of allylic oxidation sites excluding steroid dienone is 1. The Kier molecular flexibility index (Phi) is 8.91. The molecule has 0 aliphatic rings. The van der Waals surface area contributed by atoms with Crippen LogP contribution in [0.3, 0.4) is 0 Å². The van der Waals surface area contributed by atoms with Crippen molar-refractivity contribution in [1.29, 1.82) is 0 Å². The van der Waals surface area contributed by atoms with Gasteiger partial charge in [-0.25, -0.2) is 0 Å². The third-order valence-corrected chi connectivity index (χ3v) is 1.44. The quantitative estimate of drug-likeness (QED) is 0.392. The summed E-state index contributed by atoms with van der Waals surface area (Å²) in [6, 6.07) is 0. The first-order valence-electron chi connectivity index (χ1n) is 4.53. The first kappa shape index (κ1) is 15.1. The van der Waals surface area contributed by atoms with Gasteiger partial charge in [0.2, 0.25) is 5.78 Å². The molecule has 0 rings (SSSR count). The van der Waals surface area contributed by atoms with Crippen LogP contribution in [0.1, 0.15) is 27.7 Å². The highest BCUT2D eigenvalue weighted by atomic mass is 16.1. The van der Waals surface area contributed by atoms with Crippen LogP contribution in [-0.4, -0.2) is 11.6 Å². The van der Waals surface area contributed by atoms with Gasteiger partial charge >= 0.3 is 0 Å². The van der Waals surface area contributed by atoms with Crippen LogP contribution in [0.2, 0.25) is 0 Å². The highest BCUT2D eigenvalue weighted by Gasteiger charge is 1.99. The third kappa shape index (κ3) is 8.73. The molecule has 0 aromatic heterocycles. The van der Waals surface area contributed by atoms with Gasteiger partial charge in [0.1, 0.15) is 0 Å². The standard InChI is InChI=1S/C6H10O.C6H8O/c2*1-4-6(7)5(2)3/h4-5H,1H2,2-3H3;1,5H,2-3H3. The molecule has 0 radical (unpaired) electrons. The monoisotopic (exact) mass is 194 g/mol. The SMILES string of the molecule is C#CC(=O)C(C)C.C=CC(=O)C(C)C. The van der Waals surface area contributed by atoms with E-state index in [4.69, 9.17) is 6.42 Å². The molecule has 78 valence electrons. The van der Waals surface area contributed by atoms with Crippen LogP contribution in [-0.2, 0) is 9.59 Å². The maximum absolute atomic E-state index is 10.4. The van der Waals surface area contributed by atoms with Gasteiger partial charge in [-0.05, 0) is 12.0 Å². The molecule has 0 atom stereocenters. The molecule has 0 spiro atoms. The Morgan fingerprint density at radius 1 is 1.21 bits per heavy atom. The molecular formula is C12H18O2. The Balaban J connectivity index is 0. The molecule has 14 heavy (non-hydrogen) atoms. The number of ketones is 2. The largest absolute Gasteiger partial charge is 0.295 e. The molecule has 0 fully saturated rings. The van der Waals surface area contributed by atoms with E-state index in [0.717, 1.165) is 0 Å². The summed E-state index contributed by atoms with van der Waals surface area (Å²) in [7, 11) is 0. The van der Waals surface area contributed by atoms with E-state index in [1.165, 1.54) is 6.08 Å². The Morgan fingerprint density at radius 2 is 1.64 bits per heavy atom. The van der Waals surface area contributed by atoms with Crippen molar-refractivity contribution in [3.05, 3.63) is 12.7 Å². The van der Waals surface area contributed by atoms with Crippen molar-refractivity contribution in [2.24, 2.45) is 11.8 Å². The van der Waals surface area contributed by atoms with Crippen LogP contribution in [0, 0.1) is 24.2 Å². The number of carbonyl (C=O) groups is 2. The zero-order valence-electron chi connectivity index (χ0n) is 9.33. The fourth-order valence-corrected chi connectivity index (χ4v) is 0.402. The van der Waals surface area contributed by atoms with Crippen molar-refractivity contribution in [3.63, 3.8) is 0 Å². The minimum Gasteiger partial charge on any atom is -0.295 e. The summed E-state index contributed by atoms with van der Waals surface area (Å²) < 4.78 is 0. The molecule has 2 heteroatoms. The number of terminal acetylenes is 1. The van der Waals surface area contributed by atoms with Crippen molar-refractivity contribution < 1.29 is 9.59 Å². The molecular weight excluding hydrogens is 176 g/mol. The number of hydrogen-bond acceptors (Lipinski definition) is 2. The zero-order chi connectivity index (χ0) is 11.7. The number of rotatable bonds is 3. The molecule has 0 unspecified atom stereocenters. The Hall–Kier alpha value is -1.36. The van der Waals surface area contributed by atoms with E-state index >= 15 is 0 Å². The zero-order valence-corrected chi connectivity index (χ0v) is 9.33. The third-order valence-electron chi connectivity index (χ3n) is 1.44. The second-order valence-corrected chi connectivity index (χ2v) is 3.42. The molecule has 0 bridgehead atoms. The predicted molar refractivity (Wildman–Crippen MR) is 58.7 cm³/mol. The molecule has 2 nitrogen and oxygen atoms in total. The lowest BCUT2D eigenvalue weighted by atomic mass is 10.1. The van der Waals surface area contributed by atoms with Crippen LogP contribution < -0.4 is 0 Å². The highest BCUT2D eigenvalue weighted by Crippen LogP contribution is 1.92. The molecule has 0 saturated carbocycles. The molecule has 0 saturated heterocycles. The normalized spacial score (nSPS) is 8.64. The summed E-state index contributed by atoms with van der Waals surface area (Å²) in [5.74, 6) is 2.11. The van der Waals surface area contributed by atoms with Gasteiger partial charge in [-0.15, -0.1) is 6.42 Å². The van der Waals surface area contributed by atoms with Crippen LogP contribution in [0.5, 0.6) is 0 Å². The topological polar surface area (TPSA) is 34.1 Å². The summed E-state index contributed by atoms with van der Waals surface area (Å²) >= 11 is 0. The minimum absolute atomic E-state index is 0.00926. The lowest BCUT2D eigenvalue weighted by Gasteiger charge is -1.92. The van der Waals surface area contributed by atoms with E-state index in [1.54, 1.807) is 13.8 Å². The van der Waals surface area contributed by atoms with Gasteiger partial charge in [0.05, 0.1) is 0 Å². The molecule has 0 heterocycles. The Morgan fingerprint density at radius 3 is 1.64 bits per heavy atom. The fourth-order valence-electron chi connectivity index (χ4n) is 0.402. The van der Waals surface area contributed by atoms with E-state index in [0.29, 0.717) is 0 Å². The van der Waals surface area contributed by atoms with E-state index < -0.39 is 0 Å². The Labute approximate surface area is 86.4 Å². The van der Waals surface area contributed by atoms with Gasteiger partial charge in [-0.2, -0.15) is 0 Å². The van der Waals surface area contributed by atoms with Crippen molar-refractivity contribution in [3.8, 4) is 12.3 Å². The summed E-state index contributed by atoms with van der Waals surface area (Å²) in [4.78, 5) is 20.7. The van der Waals surface area contributed by atoms with Crippen LogP contribution in [0.25, 0.3) is 0 Å². The summed E-state index contributed by atoms with van der Waals surface area (Å²) in [5.41, 5.74) is 0. The van der Waals surface area contributed by atoms with Crippen molar-refractivity contribution in [1.82, 2.24) is 0 Å². The van der Waals surface area contributed by atoms with E-state index in [-0.39, 0.29) is 23.4 Å². The minimum atomic E-state index is -0.125. The lowest BCUT2D eigenvalue weighted by Crippen LogP contribution is -2.01. The Bertz CT molecular complexity index is 242.